The molecule has 1 aliphatic carbocycles. The van der Waals surface area contributed by atoms with Gasteiger partial charge in [0.2, 0.25) is 0 Å². The fourth-order valence-corrected chi connectivity index (χ4v) is 3.14. The summed E-state index contributed by atoms with van der Waals surface area (Å²) >= 11 is 0. The van der Waals surface area contributed by atoms with Crippen LogP contribution in [0.5, 0.6) is 0 Å². The smallest absolute Gasteiger partial charge is 0.319 e. The minimum atomic E-state index is -0.196. The SMILES string of the molecule is COC1=CC(NC(=O)NCCCc2ccccc2)=CCC1n1cnc(C)c1. The fraction of sp³-hybridized carbons (Fsp3) is 0.333. The van der Waals surface area contributed by atoms with Gasteiger partial charge in [0.05, 0.1) is 25.2 Å². The molecule has 0 fully saturated rings. The van der Waals surface area contributed by atoms with E-state index in [0.29, 0.717) is 6.54 Å². The number of hydrogen-bond acceptors (Lipinski definition) is 3. The maximum absolute atomic E-state index is 12.1. The largest absolute Gasteiger partial charge is 0.499 e. The number of rotatable bonds is 7. The summed E-state index contributed by atoms with van der Waals surface area (Å²) in [6.45, 7) is 2.59. The van der Waals surface area contributed by atoms with E-state index >= 15 is 0 Å². The number of hydrogen-bond donors (Lipinski definition) is 2. The first-order chi connectivity index (χ1) is 13.2. The molecule has 1 unspecified atom stereocenters. The van der Waals surface area contributed by atoms with Crippen molar-refractivity contribution in [2.45, 2.75) is 32.2 Å². The molecule has 27 heavy (non-hydrogen) atoms. The number of urea groups is 1. The number of methoxy groups -OCH3 is 1. The maximum Gasteiger partial charge on any atom is 0.319 e. The summed E-state index contributed by atoms with van der Waals surface area (Å²) in [5.41, 5.74) is 3.00. The molecule has 1 aromatic heterocycles. The minimum Gasteiger partial charge on any atom is -0.499 e. The molecule has 0 saturated carbocycles. The van der Waals surface area contributed by atoms with Gasteiger partial charge in [-0.2, -0.15) is 0 Å². The molecule has 142 valence electrons. The Hall–Kier alpha value is -3.02. The number of aryl methyl sites for hydroxylation is 2. The molecule has 1 aliphatic rings. The first-order valence-electron chi connectivity index (χ1n) is 9.20. The molecular weight excluding hydrogens is 340 g/mol. The fourth-order valence-electron chi connectivity index (χ4n) is 3.14. The summed E-state index contributed by atoms with van der Waals surface area (Å²) in [5.74, 6) is 0.800. The Morgan fingerprint density at radius 3 is 2.85 bits per heavy atom. The second kappa shape index (κ2) is 9.07. The highest BCUT2D eigenvalue weighted by Crippen LogP contribution is 2.28. The summed E-state index contributed by atoms with van der Waals surface area (Å²) in [5, 5.41) is 5.79. The number of imidazole rings is 1. The number of aromatic nitrogens is 2. The third kappa shape index (κ3) is 5.23. The molecular formula is C21H26N4O2. The molecule has 1 aromatic carbocycles. The van der Waals surface area contributed by atoms with Gasteiger partial charge in [-0.05, 0) is 31.7 Å². The average molecular weight is 366 g/mol. The number of carbonyl (C=O) groups excluding carboxylic acids is 1. The number of nitrogens with zero attached hydrogens (tertiary/aromatic N) is 2. The van der Waals surface area contributed by atoms with Crippen molar-refractivity contribution >= 4 is 6.03 Å². The van der Waals surface area contributed by atoms with Gasteiger partial charge in [0.25, 0.3) is 0 Å². The van der Waals surface area contributed by atoms with Crippen LogP contribution >= 0.6 is 0 Å². The zero-order valence-corrected chi connectivity index (χ0v) is 15.8. The van der Waals surface area contributed by atoms with Gasteiger partial charge in [-0.3, -0.25) is 0 Å². The molecule has 2 N–H and O–H groups in total. The first-order valence-corrected chi connectivity index (χ1v) is 9.20. The number of nitrogens with one attached hydrogen (secondary N) is 2. The van der Waals surface area contributed by atoms with Gasteiger partial charge in [-0.25, -0.2) is 9.78 Å². The van der Waals surface area contributed by atoms with E-state index in [1.807, 2.05) is 48.0 Å². The van der Waals surface area contributed by atoms with Crippen molar-refractivity contribution in [1.82, 2.24) is 20.2 Å². The quantitative estimate of drug-likeness (QED) is 0.737. The van der Waals surface area contributed by atoms with Gasteiger partial charge in [0.1, 0.15) is 5.76 Å². The van der Waals surface area contributed by atoms with E-state index in [-0.39, 0.29) is 12.1 Å². The highest BCUT2D eigenvalue weighted by atomic mass is 16.5. The Balaban J connectivity index is 1.46. The Morgan fingerprint density at radius 1 is 1.33 bits per heavy atom. The predicted octanol–water partition coefficient (Wildman–Crippen LogP) is 3.48. The molecule has 0 bridgehead atoms. The van der Waals surface area contributed by atoms with Gasteiger partial charge < -0.3 is 19.9 Å². The van der Waals surface area contributed by atoms with Crippen LogP contribution in [0.4, 0.5) is 4.79 Å². The molecule has 6 heteroatoms. The number of ether oxygens (including phenoxy) is 1. The molecule has 0 saturated heterocycles. The molecule has 1 atom stereocenters. The van der Waals surface area contributed by atoms with Gasteiger partial charge in [-0.1, -0.05) is 36.4 Å². The average Bonchev–Trinajstić information content (AvgIpc) is 3.12. The van der Waals surface area contributed by atoms with Crippen molar-refractivity contribution in [2.75, 3.05) is 13.7 Å². The lowest BCUT2D eigenvalue weighted by atomic mass is 10.0. The molecule has 0 spiro atoms. The van der Waals surface area contributed by atoms with Crippen LogP contribution < -0.4 is 10.6 Å². The van der Waals surface area contributed by atoms with Crippen molar-refractivity contribution in [2.24, 2.45) is 0 Å². The summed E-state index contributed by atoms with van der Waals surface area (Å²) < 4.78 is 7.56. The molecule has 2 aromatic rings. The number of amides is 2. The predicted molar refractivity (Wildman–Crippen MR) is 105 cm³/mol. The normalized spacial score (nSPS) is 16.3. The Labute approximate surface area is 159 Å². The second-order valence-corrected chi connectivity index (χ2v) is 6.59. The van der Waals surface area contributed by atoms with Crippen LogP contribution in [-0.4, -0.2) is 29.2 Å². The summed E-state index contributed by atoms with van der Waals surface area (Å²) in [7, 11) is 1.65. The Morgan fingerprint density at radius 2 is 2.15 bits per heavy atom. The lowest BCUT2D eigenvalue weighted by Gasteiger charge is -2.24. The van der Waals surface area contributed by atoms with Crippen LogP contribution in [0.25, 0.3) is 0 Å². The van der Waals surface area contributed by atoms with E-state index in [4.69, 9.17) is 4.74 Å². The lowest BCUT2D eigenvalue weighted by Crippen LogP contribution is -2.36. The van der Waals surface area contributed by atoms with Crippen molar-refractivity contribution in [1.29, 1.82) is 0 Å². The number of benzene rings is 1. The van der Waals surface area contributed by atoms with Crippen LogP contribution in [0.3, 0.4) is 0 Å². The summed E-state index contributed by atoms with van der Waals surface area (Å²) in [4.78, 5) is 16.4. The molecule has 3 rings (SSSR count). The zero-order valence-electron chi connectivity index (χ0n) is 15.8. The highest BCUT2D eigenvalue weighted by molar-refractivity contribution is 5.76. The van der Waals surface area contributed by atoms with Crippen LogP contribution in [0, 0.1) is 6.92 Å². The first kappa shape index (κ1) is 18.8. The second-order valence-electron chi connectivity index (χ2n) is 6.59. The van der Waals surface area contributed by atoms with Gasteiger partial charge in [0.15, 0.2) is 0 Å². The monoisotopic (exact) mass is 366 g/mol. The summed E-state index contributed by atoms with van der Waals surface area (Å²) in [6, 6.07) is 10.1. The van der Waals surface area contributed by atoms with Gasteiger partial charge in [-0.15, -0.1) is 0 Å². The van der Waals surface area contributed by atoms with Crippen LogP contribution in [0.2, 0.25) is 0 Å². The Kier molecular flexibility index (Phi) is 6.30. The van der Waals surface area contributed by atoms with Crippen molar-refractivity contribution in [3.63, 3.8) is 0 Å². The molecule has 2 amide bonds. The van der Waals surface area contributed by atoms with Crippen LogP contribution in [0.15, 0.2) is 66.5 Å². The molecule has 6 nitrogen and oxygen atoms in total. The minimum absolute atomic E-state index is 0.0654. The highest BCUT2D eigenvalue weighted by Gasteiger charge is 2.21. The van der Waals surface area contributed by atoms with E-state index in [1.165, 1.54) is 5.56 Å². The maximum atomic E-state index is 12.1. The van der Waals surface area contributed by atoms with Crippen LogP contribution in [-0.2, 0) is 11.2 Å². The van der Waals surface area contributed by atoms with E-state index in [1.54, 1.807) is 13.4 Å². The van der Waals surface area contributed by atoms with Crippen LogP contribution in [0.1, 0.15) is 30.1 Å². The Bertz CT molecular complexity index is 824. The van der Waals surface area contributed by atoms with Crippen molar-refractivity contribution < 1.29 is 9.53 Å². The van der Waals surface area contributed by atoms with Crippen molar-refractivity contribution in [3.8, 4) is 0 Å². The van der Waals surface area contributed by atoms with E-state index < -0.39 is 0 Å². The van der Waals surface area contributed by atoms with Gasteiger partial charge in [0, 0.05) is 24.5 Å². The van der Waals surface area contributed by atoms with E-state index in [0.717, 1.165) is 36.4 Å². The van der Waals surface area contributed by atoms with E-state index in [9.17, 15) is 4.79 Å². The zero-order chi connectivity index (χ0) is 19.1. The molecule has 0 radical (unpaired) electrons. The lowest BCUT2D eigenvalue weighted by molar-refractivity contribution is 0.236. The van der Waals surface area contributed by atoms with Gasteiger partial charge >= 0.3 is 6.03 Å². The van der Waals surface area contributed by atoms with E-state index in [2.05, 4.69) is 27.8 Å². The third-order valence-corrected chi connectivity index (χ3v) is 4.54. The summed E-state index contributed by atoms with van der Waals surface area (Å²) in [6.07, 6.45) is 10.3. The van der Waals surface area contributed by atoms with Crippen molar-refractivity contribution in [3.05, 3.63) is 77.7 Å². The third-order valence-electron chi connectivity index (χ3n) is 4.54. The molecule has 1 heterocycles. The molecule has 0 aliphatic heterocycles. The topological polar surface area (TPSA) is 68.2 Å². The standard InChI is InChI=1S/C21H26N4O2/c1-16-14-25(15-23-16)19-11-10-18(13-20(19)27-2)24-21(26)22-12-6-9-17-7-4-3-5-8-17/h3-5,7-8,10,13-15,19H,6,9,11-12H2,1-2H3,(H2,22,24,26). The number of allylic oxidation sites excluding steroid dienone is 3. The number of carbonyl (C=O) groups is 1.